The van der Waals surface area contributed by atoms with Crippen LogP contribution in [0.2, 0.25) is 0 Å². The number of hydrogen-bond donors (Lipinski definition) is 2. The van der Waals surface area contributed by atoms with E-state index in [9.17, 15) is 4.39 Å². The zero-order valence-electron chi connectivity index (χ0n) is 15.6. The molecular weight excluding hydrogens is 464 g/mol. The van der Waals surface area contributed by atoms with Crippen molar-refractivity contribution < 1.29 is 18.3 Å². The lowest BCUT2D eigenvalue weighted by Crippen LogP contribution is -2.40. The summed E-state index contributed by atoms with van der Waals surface area (Å²) in [6, 6.07) is 9.77. The van der Waals surface area contributed by atoms with Crippen molar-refractivity contribution in [3.05, 3.63) is 54.2 Å². The van der Waals surface area contributed by atoms with Gasteiger partial charge in [0, 0.05) is 26.6 Å². The fourth-order valence-corrected chi connectivity index (χ4v) is 2.21. The summed E-state index contributed by atoms with van der Waals surface area (Å²) in [6.07, 6.45) is 2.28. The molecule has 0 bridgehead atoms. The molecule has 2 aromatic rings. The number of rotatable bonds is 10. The Bertz CT molecular complexity index is 651. The van der Waals surface area contributed by atoms with Crippen molar-refractivity contribution in [1.82, 2.24) is 10.6 Å². The SMILES string of the molecule is COCCNC(=NCC(C)Oc1ccc(F)cc1)NCCc1ccco1.I. The number of benzene rings is 1. The van der Waals surface area contributed by atoms with Gasteiger partial charge in [0.15, 0.2) is 5.96 Å². The quantitative estimate of drug-likeness (QED) is 0.231. The normalized spacial score (nSPS) is 12.2. The van der Waals surface area contributed by atoms with Gasteiger partial charge in [0.1, 0.15) is 23.4 Å². The average Bonchev–Trinajstić information content (AvgIpc) is 3.15. The van der Waals surface area contributed by atoms with E-state index in [1.54, 1.807) is 25.5 Å². The molecule has 150 valence electrons. The lowest BCUT2D eigenvalue weighted by Gasteiger charge is -2.15. The predicted octanol–water partition coefficient (Wildman–Crippen LogP) is 3.23. The van der Waals surface area contributed by atoms with Gasteiger partial charge in [-0.3, -0.25) is 0 Å². The molecule has 1 atom stereocenters. The number of nitrogens with zero attached hydrogens (tertiary/aromatic N) is 1. The van der Waals surface area contributed by atoms with Crippen LogP contribution < -0.4 is 15.4 Å². The molecule has 6 nitrogen and oxygen atoms in total. The Kier molecular flexibility index (Phi) is 11.5. The first-order valence-electron chi connectivity index (χ1n) is 8.63. The molecule has 0 amide bonds. The first-order valence-corrected chi connectivity index (χ1v) is 8.63. The zero-order chi connectivity index (χ0) is 18.6. The van der Waals surface area contributed by atoms with Gasteiger partial charge in [0.25, 0.3) is 0 Å². The van der Waals surface area contributed by atoms with Crippen LogP contribution in [0.4, 0.5) is 4.39 Å². The van der Waals surface area contributed by atoms with Crippen LogP contribution in [0.25, 0.3) is 0 Å². The third-order valence-electron chi connectivity index (χ3n) is 3.50. The first kappa shape index (κ1) is 23.2. The number of methoxy groups -OCH3 is 1. The van der Waals surface area contributed by atoms with Crippen molar-refractivity contribution in [2.24, 2.45) is 4.99 Å². The highest BCUT2D eigenvalue weighted by Crippen LogP contribution is 2.13. The van der Waals surface area contributed by atoms with E-state index in [0.717, 1.165) is 12.2 Å². The van der Waals surface area contributed by atoms with E-state index in [2.05, 4.69) is 15.6 Å². The van der Waals surface area contributed by atoms with E-state index < -0.39 is 0 Å². The third-order valence-corrected chi connectivity index (χ3v) is 3.50. The van der Waals surface area contributed by atoms with Gasteiger partial charge < -0.3 is 24.5 Å². The van der Waals surface area contributed by atoms with Crippen molar-refractivity contribution >= 4 is 29.9 Å². The summed E-state index contributed by atoms with van der Waals surface area (Å²) in [5, 5.41) is 6.47. The molecule has 27 heavy (non-hydrogen) atoms. The molecule has 8 heteroatoms. The summed E-state index contributed by atoms with van der Waals surface area (Å²) in [4.78, 5) is 4.54. The molecule has 0 saturated carbocycles. The molecule has 0 fully saturated rings. The molecule has 1 heterocycles. The van der Waals surface area contributed by atoms with Crippen molar-refractivity contribution in [3.63, 3.8) is 0 Å². The molecule has 0 radical (unpaired) electrons. The fourth-order valence-electron chi connectivity index (χ4n) is 2.21. The number of halogens is 2. The lowest BCUT2D eigenvalue weighted by molar-refractivity contribution is 0.203. The van der Waals surface area contributed by atoms with Gasteiger partial charge in [-0.2, -0.15) is 0 Å². The second kappa shape index (κ2) is 13.4. The van der Waals surface area contributed by atoms with Crippen LogP contribution in [-0.2, 0) is 11.2 Å². The standard InChI is InChI=1S/C19H26FN3O3.HI/c1-15(26-18-7-5-16(20)6-8-18)14-23-19(22-11-13-24-2)21-10-9-17-4-3-12-25-17;/h3-8,12,15H,9-11,13-14H2,1-2H3,(H2,21,22,23);1H. The summed E-state index contributed by atoms with van der Waals surface area (Å²) in [7, 11) is 1.65. The van der Waals surface area contributed by atoms with E-state index in [4.69, 9.17) is 13.9 Å². The fraction of sp³-hybridized carbons (Fsp3) is 0.421. The van der Waals surface area contributed by atoms with Crippen molar-refractivity contribution in [3.8, 4) is 5.75 Å². The van der Waals surface area contributed by atoms with Crippen LogP contribution in [0.1, 0.15) is 12.7 Å². The number of ether oxygens (including phenoxy) is 2. The van der Waals surface area contributed by atoms with E-state index >= 15 is 0 Å². The molecule has 2 N–H and O–H groups in total. The summed E-state index contributed by atoms with van der Waals surface area (Å²) in [6.45, 7) is 4.30. The summed E-state index contributed by atoms with van der Waals surface area (Å²) < 4.78 is 29.0. The number of nitrogens with one attached hydrogen (secondary N) is 2. The molecule has 1 unspecified atom stereocenters. The van der Waals surface area contributed by atoms with Crippen LogP contribution in [0, 0.1) is 5.82 Å². The number of guanidine groups is 1. The molecule has 0 aliphatic heterocycles. The Labute approximate surface area is 176 Å². The Morgan fingerprint density at radius 2 is 1.93 bits per heavy atom. The third kappa shape index (κ3) is 9.62. The Morgan fingerprint density at radius 1 is 1.19 bits per heavy atom. The maximum Gasteiger partial charge on any atom is 0.191 e. The van der Waals surface area contributed by atoms with Crippen LogP contribution in [0.5, 0.6) is 5.75 Å². The predicted molar refractivity (Wildman–Crippen MR) is 115 cm³/mol. The molecule has 2 rings (SSSR count). The summed E-state index contributed by atoms with van der Waals surface area (Å²) in [5.74, 6) is 1.94. The molecular formula is C19H27FIN3O3. The number of hydrogen-bond acceptors (Lipinski definition) is 4. The monoisotopic (exact) mass is 491 g/mol. The summed E-state index contributed by atoms with van der Waals surface area (Å²) in [5.41, 5.74) is 0. The maximum absolute atomic E-state index is 12.9. The minimum atomic E-state index is -0.284. The van der Waals surface area contributed by atoms with Crippen LogP contribution in [0.3, 0.4) is 0 Å². The molecule has 0 saturated heterocycles. The maximum atomic E-state index is 12.9. The molecule has 0 aliphatic rings. The summed E-state index contributed by atoms with van der Waals surface area (Å²) >= 11 is 0. The van der Waals surface area contributed by atoms with Crippen molar-refractivity contribution in [2.45, 2.75) is 19.4 Å². The smallest absolute Gasteiger partial charge is 0.191 e. The largest absolute Gasteiger partial charge is 0.489 e. The Morgan fingerprint density at radius 3 is 2.59 bits per heavy atom. The first-order chi connectivity index (χ1) is 12.7. The Balaban J connectivity index is 0.00000364. The minimum Gasteiger partial charge on any atom is -0.489 e. The van der Waals surface area contributed by atoms with Gasteiger partial charge in [-0.05, 0) is 43.3 Å². The van der Waals surface area contributed by atoms with E-state index in [0.29, 0.717) is 38.0 Å². The van der Waals surface area contributed by atoms with Gasteiger partial charge >= 0.3 is 0 Å². The molecule has 0 aliphatic carbocycles. The van der Waals surface area contributed by atoms with Gasteiger partial charge in [0.2, 0.25) is 0 Å². The highest BCUT2D eigenvalue weighted by molar-refractivity contribution is 14.0. The van der Waals surface area contributed by atoms with Crippen molar-refractivity contribution in [1.29, 1.82) is 0 Å². The van der Waals surface area contributed by atoms with Gasteiger partial charge in [-0.25, -0.2) is 9.38 Å². The number of furan rings is 1. The lowest BCUT2D eigenvalue weighted by atomic mass is 10.3. The number of aliphatic imine (C=N–C) groups is 1. The van der Waals surface area contributed by atoms with E-state index in [1.165, 1.54) is 12.1 Å². The molecule has 1 aromatic heterocycles. The van der Waals surface area contributed by atoms with Crippen LogP contribution in [0.15, 0.2) is 52.1 Å². The van der Waals surface area contributed by atoms with E-state index in [-0.39, 0.29) is 35.9 Å². The van der Waals surface area contributed by atoms with E-state index in [1.807, 2.05) is 19.1 Å². The van der Waals surface area contributed by atoms with Crippen LogP contribution >= 0.6 is 24.0 Å². The highest BCUT2D eigenvalue weighted by atomic mass is 127. The van der Waals surface area contributed by atoms with Gasteiger partial charge in [0.05, 0.1) is 19.4 Å². The second-order valence-electron chi connectivity index (χ2n) is 5.75. The minimum absolute atomic E-state index is 0. The Hall–Kier alpha value is -1.81. The van der Waals surface area contributed by atoms with Crippen molar-refractivity contribution in [2.75, 3.05) is 33.4 Å². The van der Waals surface area contributed by atoms with Gasteiger partial charge in [-0.1, -0.05) is 0 Å². The van der Waals surface area contributed by atoms with Crippen LogP contribution in [-0.4, -0.2) is 45.4 Å². The molecule has 1 aromatic carbocycles. The average molecular weight is 491 g/mol. The van der Waals surface area contributed by atoms with Gasteiger partial charge in [-0.15, -0.1) is 24.0 Å². The zero-order valence-corrected chi connectivity index (χ0v) is 17.9. The topological polar surface area (TPSA) is 68.0 Å². The highest BCUT2D eigenvalue weighted by Gasteiger charge is 2.06. The molecule has 0 spiro atoms. The second-order valence-corrected chi connectivity index (χ2v) is 5.75.